The number of sulfonamides is 1. The predicted molar refractivity (Wildman–Crippen MR) is 198 cm³/mol. The van der Waals surface area contributed by atoms with Crippen LogP contribution < -0.4 is 19.6 Å². The lowest BCUT2D eigenvalue weighted by Gasteiger charge is -2.23. The molecule has 4 rings (SSSR count). The van der Waals surface area contributed by atoms with Crippen LogP contribution in [0.3, 0.4) is 0 Å². The number of fused-ring (bicyclic) bond motifs is 2. The fraction of sp³-hybridized carbons (Fsp3) is 0.457. The molecule has 282 valence electrons. The Labute approximate surface area is 304 Å². The van der Waals surface area contributed by atoms with E-state index in [2.05, 4.69) is 24.2 Å². The van der Waals surface area contributed by atoms with Crippen molar-refractivity contribution < 1.29 is 40.0 Å². The summed E-state index contributed by atoms with van der Waals surface area (Å²) in [5, 5.41) is 4.84. The Hall–Kier alpha value is -4.06. The van der Waals surface area contributed by atoms with Crippen LogP contribution >= 0.6 is 0 Å². The van der Waals surface area contributed by atoms with Gasteiger partial charge < -0.3 is 28.1 Å². The van der Waals surface area contributed by atoms with Gasteiger partial charge in [-0.1, -0.05) is 11.2 Å². The molecule has 0 unspecified atom stereocenters. The Balaban J connectivity index is 1.63. The molecule has 1 N–H and O–H groups in total. The van der Waals surface area contributed by atoms with E-state index in [9.17, 15) is 21.4 Å². The summed E-state index contributed by atoms with van der Waals surface area (Å²) in [4.78, 5) is 3.74. The van der Waals surface area contributed by atoms with Crippen molar-refractivity contribution in [2.45, 2.75) is 37.5 Å². The summed E-state index contributed by atoms with van der Waals surface area (Å²) in [5.41, 5.74) is 10.7. The number of azide groups is 1. The fourth-order valence-corrected chi connectivity index (χ4v) is 7.66. The zero-order valence-electron chi connectivity index (χ0n) is 29.9. The maximum Gasteiger partial charge on any atom is 0.240 e. The lowest BCUT2D eigenvalue weighted by atomic mass is 9.93. The summed E-state index contributed by atoms with van der Waals surface area (Å²) in [5.74, 6) is 0.483. The van der Waals surface area contributed by atoms with Crippen molar-refractivity contribution in [1.29, 1.82) is 0 Å². The summed E-state index contributed by atoms with van der Waals surface area (Å²) in [6.45, 7) is 12.8. The molecule has 1 aliphatic carbocycles. The molecule has 15 nitrogen and oxygen atoms in total. The number of benzene rings is 3. The van der Waals surface area contributed by atoms with Crippen LogP contribution in [0.15, 0.2) is 73.9 Å². The van der Waals surface area contributed by atoms with Gasteiger partial charge in [-0.15, -0.1) is 0 Å². The van der Waals surface area contributed by atoms with Gasteiger partial charge in [0.15, 0.2) is 0 Å². The van der Waals surface area contributed by atoms with Crippen LogP contribution in [0.5, 0.6) is 0 Å². The van der Waals surface area contributed by atoms with Crippen molar-refractivity contribution >= 4 is 36.8 Å². The van der Waals surface area contributed by atoms with E-state index in [0.717, 1.165) is 43.3 Å². The Morgan fingerprint density at radius 3 is 2.13 bits per heavy atom. The number of hydrogen-bond acceptors (Lipinski definition) is 11. The molecule has 1 heterocycles. The second-order valence-electron chi connectivity index (χ2n) is 11.5. The summed E-state index contributed by atoms with van der Waals surface area (Å²) in [6.07, 6.45) is 0. The standard InChI is InChI=1S/C35H46N6O9S2/c1-5-40(6-2)26-9-12-29-32(23-26)50-33-24-27(41(7-3)8-4)10-13-30(33)35(29)31-14-11-28(25-34(31)52(44,45)46)51(42,43)38-16-18-48-20-22-49-21-19-47-17-15-37-39-36/h9-14,23-25,38H,5-8,15-22H2,1-4H3. The third-order valence-electron chi connectivity index (χ3n) is 8.43. The first-order valence-corrected chi connectivity index (χ1v) is 20.1. The molecule has 0 radical (unpaired) electrons. The molecule has 0 spiro atoms. The summed E-state index contributed by atoms with van der Waals surface area (Å²) >= 11 is 0. The highest BCUT2D eigenvalue weighted by Crippen LogP contribution is 2.43. The third-order valence-corrected chi connectivity index (χ3v) is 10.8. The molecule has 2 aliphatic rings. The van der Waals surface area contributed by atoms with Gasteiger partial charge in [-0.05, 0) is 63.6 Å². The first kappa shape index (κ1) is 40.7. The van der Waals surface area contributed by atoms with Crippen molar-refractivity contribution in [1.82, 2.24) is 9.30 Å². The van der Waals surface area contributed by atoms with E-state index in [1.807, 2.05) is 64.1 Å². The van der Waals surface area contributed by atoms with Gasteiger partial charge in [0.1, 0.15) is 34.6 Å². The van der Waals surface area contributed by atoms with Crippen LogP contribution in [0.1, 0.15) is 27.7 Å². The molecular weight excluding hydrogens is 713 g/mol. The monoisotopic (exact) mass is 758 g/mol. The number of rotatable bonds is 21. The van der Waals surface area contributed by atoms with Crippen molar-refractivity contribution in [2.24, 2.45) is 5.11 Å². The molecule has 0 bridgehead atoms. The average molecular weight is 759 g/mol. The van der Waals surface area contributed by atoms with Crippen LogP contribution in [0.2, 0.25) is 0 Å². The Kier molecular flexibility index (Phi) is 15.0. The maximum absolute atomic E-state index is 13.2. The van der Waals surface area contributed by atoms with Gasteiger partial charge in [0.2, 0.25) is 15.4 Å². The van der Waals surface area contributed by atoms with Gasteiger partial charge in [0, 0.05) is 71.0 Å². The van der Waals surface area contributed by atoms with Crippen molar-refractivity contribution in [3.63, 3.8) is 0 Å². The normalized spacial score (nSPS) is 11.9. The minimum atomic E-state index is -5.16. The van der Waals surface area contributed by atoms with E-state index in [1.54, 1.807) is 0 Å². The fourth-order valence-electron chi connectivity index (χ4n) is 5.84. The van der Waals surface area contributed by atoms with Gasteiger partial charge >= 0.3 is 0 Å². The number of ether oxygens (including phenoxy) is 3. The first-order valence-electron chi connectivity index (χ1n) is 17.2. The van der Waals surface area contributed by atoms with Crippen molar-refractivity contribution in [2.75, 3.05) is 83.8 Å². The Morgan fingerprint density at radius 2 is 1.50 bits per heavy atom. The minimum absolute atomic E-state index is 0.0203. The van der Waals surface area contributed by atoms with Gasteiger partial charge in [0.25, 0.3) is 0 Å². The number of hydrogen-bond donors (Lipinski definition) is 1. The lowest BCUT2D eigenvalue weighted by Crippen LogP contribution is -2.29. The van der Waals surface area contributed by atoms with Gasteiger partial charge in [-0.25, -0.2) is 26.1 Å². The van der Waals surface area contributed by atoms with Crippen LogP contribution in [0, 0.1) is 0 Å². The smallest absolute Gasteiger partial charge is 0.240 e. The Morgan fingerprint density at radius 1 is 0.846 bits per heavy atom. The first-order chi connectivity index (χ1) is 25.0. The summed E-state index contributed by atoms with van der Waals surface area (Å²) in [6, 6.07) is 14.8. The molecule has 0 saturated carbocycles. The molecular formula is C35H46N6O9S2. The van der Waals surface area contributed by atoms with E-state index in [0.29, 0.717) is 47.7 Å². The Bertz CT molecular complexity index is 2120. The lowest BCUT2D eigenvalue weighted by molar-refractivity contribution is 0.0171. The van der Waals surface area contributed by atoms with E-state index < -0.39 is 25.0 Å². The van der Waals surface area contributed by atoms with Gasteiger partial charge in [-0.2, -0.15) is 0 Å². The molecule has 17 heteroatoms. The molecule has 0 saturated heterocycles. The second kappa shape index (κ2) is 19.1. The average Bonchev–Trinajstić information content (AvgIpc) is 3.13. The van der Waals surface area contributed by atoms with E-state index >= 15 is 0 Å². The number of nitrogens with zero attached hydrogens (tertiary/aromatic N) is 5. The molecule has 2 aromatic rings. The van der Waals surface area contributed by atoms with E-state index in [4.69, 9.17) is 24.2 Å². The largest absolute Gasteiger partial charge is 0.744 e. The van der Waals surface area contributed by atoms with E-state index in [1.165, 1.54) is 12.1 Å². The van der Waals surface area contributed by atoms with Crippen LogP contribution in [0.4, 0.5) is 5.69 Å². The molecule has 52 heavy (non-hydrogen) atoms. The number of anilines is 1. The highest BCUT2D eigenvalue weighted by atomic mass is 32.2. The molecule has 0 aromatic heterocycles. The van der Waals surface area contributed by atoms with Crippen molar-refractivity contribution in [3.8, 4) is 22.5 Å². The number of nitrogens with one attached hydrogen (secondary N) is 1. The zero-order chi connectivity index (χ0) is 37.7. The third kappa shape index (κ3) is 10.3. The highest BCUT2D eigenvalue weighted by molar-refractivity contribution is 7.89. The maximum atomic E-state index is 13.2. The molecule has 1 aliphatic heterocycles. The molecule has 0 fully saturated rings. The predicted octanol–water partition coefficient (Wildman–Crippen LogP) is 4.41. The molecule has 0 amide bonds. The zero-order valence-corrected chi connectivity index (χ0v) is 31.5. The molecule has 2 aromatic carbocycles. The van der Waals surface area contributed by atoms with Gasteiger partial charge in [0.05, 0.1) is 55.5 Å². The highest BCUT2D eigenvalue weighted by Gasteiger charge is 2.25. The van der Waals surface area contributed by atoms with Crippen molar-refractivity contribution in [3.05, 3.63) is 70.4 Å². The van der Waals surface area contributed by atoms with Crippen LogP contribution in [-0.4, -0.2) is 100 Å². The molecule has 0 atom stereocenters. The SMILES string of the molecule is CCN(CC)c1ccc2c(-c3ccc(S(=O)(=O)NCCOCCOCCOCCN=[N+]=[N-])cc3S(=O)(=O)[O-])c3ccc(=[N+](CC)CC)cc-3oc2c1. The second-order valence-corrected chi connectivity index (χ2v) is 14.6. The minimum Gasteiger partial charge on any atom is -0.744 e. The topological polar surface area (TPSA) is 199 Å². The van der Waals surface area contributed by atoms with E-state index in [-0.39, 0.29) is 43.4 Å². The summed E-state index contributed by atoms with van der Waals surface area (Å²) in [7, 11) is -9.39. The quantitative estimate of drug-likeness (QED) is 0.0242. The van der Waals surface area contributed by atoms with Crippen LogP contribution in [0.25, 0.3) is 43.9 Å². The van der Waals surface area contributed by atoms with Crippen LogP contribution in [-0.2, 0) is 34.4 Å². The summed E-state index contributed by atoms with van der Waals surface area (Å²) < 4.78 is 92.1. The van der Waals surface area contributed by atoms with Gasteiger partial charge in [-0.3, -0.25) is 0 Å².